The van der Waals surface area contributed by atoms with Crippen molar-refractivity contribution in [3.63, 3.8) is 0 Å². The molecule has 0 atom stereocenters. The van der Waals surface area contributed by atoms with Gasteiger partial charge in [-0.25, -0.2) is 4.79 Å². The number of ether oxygens (including phenoxy) is 1. The maximum atomic E-state index is 11.9. The van der Waals surface area contributed by atoms with Crippen molar-refractivity contribution in [3.05, 3.63) is 35.9 Å². The molecule has 1 amide bonds. The molecule has 0 saturated heterocycles. The van der Waals surface area contributed by atoms with Crippen molar-refractivity contribution in [2.24, 2.45) is 0 Å². The number of carbonyl (C=O) groups excluding carboxylic acids is 1. The van der Waals surface area contributed by atoms with Crippen LogP contribution in [-0.2, 0) is 20.9 Å². The summed E-state index contributed by atoms with van der Waals surface area (Å²) in [5.41, 5.74) is 1.04. The Hall–Kier alpha value is -1.88. The van der Waals surface area contributed by atoms with Crippen molar-refractivity contribution in [3.8, 4) is 0 Å². The minimum Gasteiger partial charge on any atom is -0.480 e. The lowest BCUT2D eigenvalue weighted by molar-refractivity contribution is -0.146. The van der Waals surface area contributed by atoms with Crippen LogP contribution in [-0.4, -0.2) is 41.6 Å². The highest BCUT2D eigenvalue weighted by Gasteiger charge is 2.13. The summed E-state index contributed by atoms with van der Waals surface area (Å²) in [7, 11) is 0. The Labute approximate surface area is 112 Å². The molecule has 0 aliphatic carbocycles. The molecule has 0 unspecified atom stereocenters. The fraction of sp³-hybridized carbons (Fsp3) is 0.429. The smallest absolute Gasteiger partial charge is 0.329 e. The fourth-order valence-corrected chi connectivity index (χ4v) is 1.68. The van der Waals surface area contributed by atoms with Crippen molar-refractivity contribution < 1.29 is 19.4 Å². The van der Waals surface area contributed by atoms with Gasteiger partial charge in [-0.2, -0.15) is 0 Å². The Morgan fingerprint density at radius 3 is 2.47 bits per heavy atom. The van der Waals surface area contributed by atoms with Crippen LogP contribution in [0.5, 0.6) is 0 Å². The zero-order chi connectivity index (χ0) is 14.1. The van der Waals surface area contributed by atoms with Crippen LogP contribution >= 0.6 is 0 Å². The number of amides is 1. The molecule has 1 aromatic rings. The molecule has 0 spiro atoms. The molecule has 5 heteroatoms. The number of aliphatic carboxylic acids is 1. The standard InChI is InChI=1S/C14H19NO4/c1-2-8-15(9-12-6-4-3-5-7-12)13(16)10-19-11-14(17)18/h3-7H,2,8-11H2,1H3,(H,17,18). The van der Waals surface area contributed by atoms with E-state index in [1.54, 1.807) is 4.90 Å². The van der Waals surface area contributed by atoms with E-state index in [1.165, 1.54) is 0 Å². The third-order valence-corrected chi connectivity index (χ3v) is 2.51. The maximum absolute atomic E-state index is 11.9. The third kappa shape index (κ3) is 6.01. The number of hydrogen-bond donors (Lipinski definition) is 1. The Morgan fingerprint density at radius 2 is 1.89 bits per heavy atom. The number of hydrogen-bond acceptors (Lipinski definition) is 3. The number of nitrogens with zero attached hydrogens (tertiary/aromatic N) is 1. The molecule has 19 heavy (non-hydrogen) atoms. The fourth-order valence-electron chi connectivity index (χ4n) is 1.68. The maximum Gasteiger partial charge on any atom is 0.329 e. The van der Waals surface area contributed by atoms with Gasteiger partial charge in [-0.3, -0.25) is 4.79 Å². The van der Waals surface area contributed by atoms with Crippen molar-refractivity contribution in [2.45, 2.75) is 19.9 Å². The third-order valence-electron chi connectivity index (χ3n) is 2.51. The lowest BCUT2D eigenvalue weighted by Gasteiger charge is -2.22. The monoisotopic (exact) mass is 265 g/mol. The molecule has 1 rings (SSSR count). The Morgan fingerprint density at radius 1 is 1.21 bits per heavy atom. The molecule has 1 aromatic carbocycles. The molecule has 0 aliphatic heterocycles. The van der Waals surface area contributed by atoms with Gasteiger partial charge in [-0.1, -0.05) is 37.3 Å². The van der Waals surface area contributed by atoms with Gasteiger partial charge in [0.25, 0.3) is 0 Å². The SMILES string of the molecule is CCCN(Cc1ccccc1)C(=O)COCC(=O)O. The Balaban J connectivity index is 2.51. The second-order valence-corrected chi connectivity index (χ2v) is 4.19. The average Bonchev–Trinajstić information content (AvgIpc) is 2.39. The minimum absolute atomic E-state index is 0.188. The molecule has 0 aliphatic rings. The largest absolute Gasteiger partial charge is 0.480 e. The normalized spacial score (nSPS) is 10.2. The second-order valence-electron chi connectivity index (χ2n) is 4.19. The second kappa shape index (κ2) is 8.26. The van der Waals surface area contributed by atoms with Crippen LogP contribution < -0.4 is 0 Å². The van der Waals surface area contributed by atoms with Gasteiger partial charge in [0.1, 0.15) is 13.2 Å². The van der Waals surface area contributed by atoms with Gasteiger partial charge in [0.15, 0.2) is 0 Å². The summed E-state index contributed by atoms with van der Waals surface area (Å²) in [6.45, 7) is 2.49. The van der Waals surface area contributed by atoms with Gasteiger partial charge < -0.3 is 14.7 Å². The van der Waals surface area contributed by atoms with E-state index in [2.05, 4.69) is 0 Å². The zero-order valence-electron chi connectivity index (χ0n) is 11.0. The van der Waals surface area contributed by atoms with Crippen LogP contribution in [0.4, 0.5) is 0 Å². The van der Waals surface area contributed by atoms with Gasteiger partial charge >= 0.3 is 5.97 Å². The van der Waals surface area contributed by atoms with Gasteiger partial charge in [0.05, 0.1) is 0 Å². The first-order chi connectivity index (χ1) is 9.13. The van der Waals surface area contributed by atoms with Crippen LogP contribution in [0.15, 0.2) is 30.3 Å². The molecule has 0 aromatic heterocycles. The van der Waals surface area contributed by atoms with Crippen LogP contribution in [0.1, 0.15) is 18.9 Å². The van der Waals surface area contributed by atoms with Crippen molar-refractivity contribution in [1.29, 1.82) is 0 Å². The highest BCUT2D eigenvalue weighted by Crippen LogP contribution is 2.05. The van der Waals surface area contributed by atoms with Gasteiger partial charge in [0.2, 0.25) is 5.91 Å². The molecule has 0 heterocycles. The number of benzene rings is 1. The van der Waals surface area contributed by atoms with E-state index in [-0.39, 0.29) is 12.5 Å². The predicted octanol–water partition coefficient (Wildman–Crippen LogP) is 1.53. The van der Waals surface area contributed by atoms with E-state index in [0.29, 0.717) is 13.1 Å². The number of rotatable bonds is 8. The van der Waals surface area contributed by atoms with Crippen molar-refractivity contribution in [1.82, 2.24) is 4.90 Å². The van der Waals surface area contributed by atoms with E-state index < -0.39 is 12.6 Å². The molecule has 5 nitrogen and oxygen atoms in total. The first-order valence-corrected chi connectivity index (χ1v) is 6.24. The zero-order valence-corrected chi connectivity index (χ0v) is 11.0. The lowest BCUT2D eigenvalue weighted by Crippen LogP contribution is -2.34. The van der Waals surface area contributed by atoms with Gasteiger partial charge in [0, 0.05) is 13.1 Å². The quantitative estimate of drug-likeness (QED) is 0.774. The van der Waals surface area contributed by atoms with Crippen LogP contribution in [0.2, 0.25) is 0 Å². The van der Waals surface area contributed by atoms with Crippen LogP contribution in [0.25, 0.3) is 0 Å². The molecular weight excluding hydrogens is 246 g/mol. The average molecular weight is 265 g/mol. The highest BCUT2D eigenvalue weighted by molar-refractivity contribution is 5.78. The molecule has 0 bridgehead atoms. The Bertz CT molecular complexity index is 405. The Kier molecular flexibility index (Phi) is 6.60. The lowest BCUT2D eigenvalue weighted by atomic mass is 10.2. The summed E-state index contributed by atoms with van der Waals surface area (Å²) in [5.74, 6) is -1.26. The first kappa shape index (κ1) is 15.2. The number of carboxylic acids is 1. The summed E-state index contributed by atoms with van der Waals surface area (Å²) < 4.78 is 4.83. The number of carbonyl (C=O) groups is 2. The minimum atomic E-state index is -1.07. The van der Waals surface area contributed by atoms with Crippen LogP contribution in [0.3, 0.4) is 0 Å². The van der Waals surface area contributed by atoms with Crippen molar-refractivity contribution in [2.75, 3.05) is 19.8 Å². The highest BCUT2D eigenvalue weighted by atomic mass is 16.5. The molecular formula is C14H19NO4. The topological polar surface area (TPSA) is 66.8 Å². The summed E-state index contributed by atoms with van der Waals surface area (Å²) in [4.78, 5) is 23.9. The summed E-state index contributed by atoms with van der Waals surface area (Å²) in [5, 5.41) is 8.45. The van der Waals surface area contributed by atoms with Crippen LogP contribution in [0, 0.1) is 0 Å². The van der Waals surface area contributed by atoms with E-state index in [4.69, 9.17) is 9.84 Å². The van der Waals surface area contributed by atoms with E-state index in [1.807, 2.05) is 37.3 Å². The van der Waals surface area contributed by atoms with E-state index >= 15 is 0 Å². The summed E-state index contributed by atoms with van der Waals surface area (Å²) in [6.07, 6.45) is 0.845. The van der Waals surface area contributed by atoms with Gasteiger partial charge in [-0.05, 0) is 12.0 Å². The van der Waals surface area contributed by atoms with Crippen molar-refractivity contribution >= 4 is 11.9 Å². The molecule has 0 saturated carbocycles. The van der Waals surface area contributed by atoms with E-state index in [9.17, 15) is 9.59 Å². The predicted molar refractivity (Wildman–Crippen MR) is 70.6 cm³/mol. The molecule has 104 valence electrons. The summed E-state index contributed by atoms with van der Waals surface area (Å²) in [6, 6.07) is 9.67. The van der Waals surface area contributed by atoms with Gasteiger partial charge in [-0.15, -0.1) is 0 Å². The molecule has 0 fully saturated rings. The number of carboxylic acid groups (broad SMARTS) is 1. The summed E-state index contributed by atoms with van der Waals surface area (Å²) >= 11 is 0. The van der Waals surface area contributed by atoms with E-state index in [0.717, 1.165) is 12.0 Å². The molecule has 1 N–H and O–H groups in total. The first-order valence-electron chi connectivity index (χ1n) is 6.24. The molecule has 0 radical (unpaired) electrons.